The fourth-order valence-electron chi connectivity index (χ4n) is 4.06. The highest BCUT2D eigenvalue weighted by atomic mass is 19.1. The van der Waals surface area contributed by atoms with Gasteiger partial charge in [0.15, 0.2) is 0 Å². The Kier molecular flexibility index (Phi) is 4.67. The first kappa shape index (κ1) is 18.4. The zero-order valence-electron chi connectivity index (χ0n) is 16.4. The van der Waals surface area contributed by atoms with Crippen LogP contribution < -0.4 is 4.90 Å². The van der Waals surface area contributed by atoms with Crippen LogP contribution in [0.15, 0.2) is 79.1 Å². The molecular formula is C24H21FN4O. The van der Waals surface area contributed by atoms with Crippen LogP contribution in [0.5, 0.6) is 0 Å². The summed E-state index contributed by atoms with van der Waals surface area (Å²) >= 11 is 0. The molecule has 0 bridgehead atoms. The molecule has 0 saturated carbocycles. The Labute approximate surface area is 174 Å². The highest BCUT2D eigenvalue weighted by Gasteiger charge is 2.25. The van der Waals surface area contributed by atoms with E-state index in [9.17, 15) is 9.18 Å². The van der Waals surface area contributed by atoms with Gasteiger partial charge in [-0.1, -0.05) is 48.5 Å². The van der Waals surface area contributed by atoms with Crippen molar-refractivity contribution in [2.24, 2.45) is 0 Å². The van der Waals surface area contributed by atoms with Crippen molar-refractivity contribution in [3.05, 3.63) is 90.5 Å². The molecule has 0 unspecified atom stereocenters. The van der Waals surface area contributed by atoms with Crippen molar-refractivity contribution in [3.63, 3.8) is 0 Å². The molecule has 1 aliphatic rings. The zero-order valence-corrected chi connectivity index (χ0v) is 16.4. The Morgan fingerprint density at radius 2 is 1.60 bits per heavy atom. The number of fused-ring (bicyclic) bond motifs is 1. The van der Waals surface area contributed by atoms with E-state index < -0.39 is 0 Å². The van der Waals surface area contributed by atoms with Crippen LogP contribution in [-0.2, 0) is 0 Å². The van der Waals surface area contributed by atoms with Gasteiger partial charge in [-0.05, 0) is 29.0 Å². The van der Waals surface area contributed by atoms with Crippen molar-refractivity contribution in [1.82, 2.24) is 14.5 Å². The van der Waals surface area contributed by atoms with Gasteiger partial charge in [-0.25, -0.2) is 9.37 Å². The van der Waals surface area contributed by atoms with Crippen LogP contribution >= 0.6 is 0 Å². The van der Waals surface area contributed by atoms with Gasteiger partial charge in [0.25, 0.3) is 5.91 Å². The summed E-state index contributed by atoms with van der Waals surface area (Å²) in [5, 5.41) is 2.04. The van der Waals surface area contributed by atoms with E-state index in [2.05, 4.69) is 9.88 Å². The van der Waals surface area contributed by atoms with Gasteiger partial charge in [0.1, 0.15) is 5.82 Å². The van der Waals surface area contributed by atoms with Crippen molar-refractivity contribution in [2.45, 2.75) is 0 Å². The topological polar surface area (TPSA) is 41.4 Å². The van der Waals surface area contributed by atoms with Gasteiger partial charge in [0.05, 0.1) is 5.69 Å². The predicted molar refractivity (Wildman–Crippen MR) is 116 cm³/mol. The van der Waals surface area contributed by atoms with Gasteiger partial charge in [0.2, 0.25) is 5.95 Å². The maximum Gasteiger partial charge on any atom is 0.254 e. The molecule has 4 aromatic rings. The number of benzene rings is 3. The lowest BCUT2D eigenvalue weighted by Gasteiger charge is -2.35. The van der Waals surface area contributed by atoms with Crippen LogP contribution in [0.3, 0.4) is 0 Å². The molecule has 30 heavy (non-hydrogen) atoms. The SMILES string of the molecule is O=C(c1cccc2ccccc12)N1CCN(c2nccn2-c2ccccc2F)CC1. The Morgan fingerprint density at radius 1 is 0.867 bits per heavy atom. The Morgan fingerprint density at radius 3 is 2.43 bits per heavy atom. The van der Waals surface area contributed by atoms with Gasteiger partial charge < -0.3 is 9.80 Å². The Bertz CT molecular complexity index is 1210. The second kappa shape index (κ2) is 7.63. The summed E-state index contributed by atoms with van der Waals surface area (Å²) in [5.74, 6) is 0.447. The average molecular weight is 400 g/mol. The predicted octanol–water partition coefficient (Wildman–Crippen LogP) is 4.13. The number of aromatic nitrogens is 2. The second-order valence-corrected chi connectivity index (χ2v) is 7.35. The first-order valence-corrected chi connectivity index (χ1v) is 10.0. The molecular weight excluding hydrogens is 379 g/mol. The van der Waals surface area contributed by atoms with Crippen LogP contribution in [0.1, 0.15) is 10.4 Å². The number of imidazole rings is 1. The van der Waals surface area contributed by atoms with E-state index >= 15 is 0 Å². The molecule has 6 heteroatoms. The standard InChI is InChI=1S/C24H21FN4O/c25-21-10-3-4-11-22(21)29-13-12-26-24(29)28-16-14-27(15-17-28)23(30)20-9-5-7-18-6-1-2-8-19(18)20/h1-13H,14-17H2. The minimum absolute atomic E-state index is 0.0453. The van der Waals surface area contributed by atoms with E-state index in [1.165, 1.54) is 6.07 Å². The maximum absolute atomic E-state index is 14.3. The number of piperazine rings is 1. The first-order valence-electron chi connectivity index (χ1n) is 10.0. The number of nitrogens with zero attached hydrogens (tertiary/aromatic N) is 4. The molecule has 0 spiro atoms. The van der Waals surface area contributed by atoms with Gasteiger partial charge in [0, 0.05) is 44.1 Å². The molecule has 150 valence electrons. The molecule has 5 rings (SSSR count). The monoisotopic (exact) mass is 400 g/mol. The molecule has 1 aromatic heterocycles. The number of amides is 1. The van der Waals surface area contributed by atoms with Gasteiger partial charge in [-0.2, -0.15) is 0 Å². The summed E-state index contributed by atoms with van der Waals surface area (Å²) in [6.45, 7) is 2.46. The van der Waals surface area contributed by atoms with Crippen molar-refractivity contribution in [1.29, 1.82) is 0 Å². The molecule has 2 heterocycles. The third-order valence-electron chi connectivity index (χ3n) is 5.60. The van der Waals surface area contributed by atoms with Gasteiger partial charge >= 0.3 is 0 Å². The summed E-state index contributed by atoms with van der Waals surface area (Å²) < 4.78 is 16.0. The maximum atomic E-state index is 14.3. The third kappa shape index (κ3) is 3.20. The summed E-state index contributed by atoms with van der Waals surface area (Å²) in [6.07, 6.45) is 3.44. The van der Waals surface area contributed by atoms with E-state index in [0.717, 1.165) is 16.3 Å². The number of hydrogen-bond acceptors (Lipinski definition) is 3. The fraction of sp³-hybridized carbons (Fsp3) is 0.167. The number of rotatable bonds is 3. The minimum atomic E-state index is -0.290. The highest BCUT2D eigenvalue weighted by molar-refractivity contribution is 6.07. The van der Waals surface area contributed by atoms with Crippen molar-refractivity contribution >= 4 is 22.6 Å². The van der Waals surface area contributed by atoms with Crippen LogP contribution in [0.4, 0.5) is 10.3 Å². The Hall–Kier alpha value is -3.67. The molecule has 1 saturated heterocycles. The number of hydrogen-bond donors (Lipinski definition) is 0. The number of anilines is 1. The molecule has 0 N–H and O–H groups in total. The number of carbonyl (C=O) groups is 1. The molecule has 3 aromatic carbocycles. The summed E-state index contributed by atoms with van der Waals surface area (Å²) in [5.41, 5.74) is 1.20. The van der Waals surface area contributed by atoms with Crippen LogP contribution in [-0.4, -0.2) is 46.5 Å². The molecule has 0 aliphatic carbocycles. The van der Waals surface area contributed by atoms with E-state index in [4.69, 9.17) is 0 Å². The molecule has 0 atom stereocenters. The summed E-state index contributed by atoms with van der Waals surface area (Å²) in [7, 11) is 0. The lowest BCUT2D eigenvalue weighted by molar-refractivity contribution is 0.0748. The van der Waals surface area contributed by atoms with Crippen LogP contribution in [0, 0.1) is 5.82 Å². The highest BCUT2D eigenvalue weighted by Crippen LogP contribution is 2.24. The lowest BCUT2D eigenvalue weighted by atomic mass is 10.0. The average Bonchev–Trinajstić information content (AvgIpc) is 3.28. The molecule has 1 amide bonds. The van der Waals surface area contributed by atoms with Crippen molar-refractivity contribution in [3.8, 4) is 5.69 Å². The fourth-order valence-corrected chi connectivity index (χ4v) is 4.06. The van der Waals surface area contributed by atoms with Crippen molar-refractivity contribution in [2.75, 3.05) is 31.1 Å². The Balaban J connectivity index is 1.35. The number of carbonyl (C=O) groups excluding carboxylic acids is 1. The summed E-state index contributed by atoms with van der Waals surface area (Å²) in [6, 6.07) is 20.4. The molecule has 1 aliphatic heterocycles. The smallest absolute Gasteiger partial charge is 0.254 e. The van der Waals surface area contributed by atoms with Gasteiger partial charge in [-0.15, -0.1) is 0 Å². The number of para-hydroxylation sites is 1. The minimum Gasteiger partial charge on any atom is -0.338 e. The summed E-state index contributed by atoms with van der Waals surface area (Å²) in [4.78, 5) is 21.6. The normalized spacial score (nSPS) is 14.3. The quantitative estimate of drug-likeness (QED) is 0.519. The zero-order chi connectivity index (χ0) is 20.5. The van der Waals surface area contributed by atoms with E-state index in [1.54, 1.807) is 29.1 Å². The molecule has 1 fully saturated rings. The van der Waals surface area contributed by atoms with E-state index in [-0.39, 0.29) is 11.7 Å². The lowest BCUT2D eigenvalue weighted by Crippen LogP contribution is -2.49. The van der Waals surface area contributed by atoms with E-state index in [0.29, 0.717) is 37.8 Å². The van der Waals surface area contributed by atoms with E-state index in [1.807, 2.05) is 53.4 Å². The molecule has 5 nitrogen and oxygen atoms in total. The van der Waals surface area contributed by atoms with Crippen LogP contribution in [0.25, 0.3) is 16.5 Å². The van der Waals surface area contributed by atoms with Crippen LogP contribution in [0.2, 0.25) is 0 Å². The largest absolute Gasteiger partial charge is 0.338 e. The molecule has 0 radical (unpaired) electrons. The first-order chi connectivity index (χ1) is 14.7. The second-order valence-electron chi connectivity index (χ2n) is 7.35. The van der Waals surface area contributed by atoms with Gasteiger partial charge in [-0.3, -0.25) is 9.36 Å². The third-order valence-corrected chi connectivity index (χ3v) is 5.60. The number of halogens is 1. The van der Waals surface area contributed by atoms with Crippen molar-refractivity contribution < 1.29 is 9.18 Å².